The molecule has 33 heavy (non-hydrogen) atoms. The lowest BCUT2D eigenvalue weighted by atomic mass is 9.46. The number of ether oxygens (including phenoxy) is 1. The van der Waals surface area contributed by atoms with Gasteiger partial charge in [0.1, 0.15) is 6.10 Å². The fourth-order valence-electron chi connectivity index (χ4n) is 8.81. The summed E-state index contributed by atoms with van der Waals surface area (Å²) in [7, 11) is 0. The van der Waals surface area contributed by atoms with Crippen molar-refractivity contribution in [1.82, 2.24) is 0 Å². The van der Waals surface area contributed by atoms with Gasteiger partial charge in [-0.3, -0.25) is 4.79 Å². The first-order valence-corrected chi connectivity index (χ1v) is 12.7. The van der Waals surface area contributed by atoms with Gasteiger partial charge in [0, 0.05) is 6.42 Å². The van der Waals surface area contributed by atoms with Gasteiger partial charge >= 0.3 is 5.97 Å². The summed E-state index contributed by atoms with van der Waals surface area (Å²) in [6.45, 7) is 8.38. The normalized spacial score (nSPS) is 45.7. The van der Waals surface area contributed by atoms with E-state index in [1.807, 2.05) is 13.0 Å². The second-order valence-corrected chi connectivity index (χ2v) is 11.8. The maximum atomic E-state index is 13.1. The van der Waals surface area contributed by atoms with E-state index in [4.69, 9.17) is 4.74 Å². The number of allylic oxidation sites excluding steroid dienone is 3. The molecule has 5 nitrogen and oxygen atoms in total. The van der Waals surface area contributed by atoms with Crippen LogP contribution in [0.15, 0.2) is 34.9 Å². The van der Waals surface area contributed by atoms with E-state index in [9.17, 15) is 19.8 Å². The van der Waals surface area contributed by atoms with E-state index in [2.05, 4.69) is 20.8 Å². The van der Waals surface area contributed by atoms with Crippen LogP contribution in [0.5, 0.6) is 0 Å². The minimum absolute atomic E-state index is 0.118. The molecule has 180 valence electrons. The molecule has 1 aliphatic heterocycles. The standard InChI is InChI=1S/C28H38O5/c1-15-12-24(33-26(32)18(15)14-29)16(2)19-8-9-20-17-13-23(30)22-6-5-7-25(31)28(22,4)21(17)10-11-27(19,20)3/h5-7,16-17,19-21,23-24,29-30H,8-14H2,1-4H3/t16-,17-,19+,20-,21-,23-,24-,27+,28+/m0/s1. The largest absolute Gasteiger partial charge is 0.458 e. The number of carbonyl (C=O) groups excluding carboxylic acids is 2. The zero-order valence-corrected chi connectivity index (χ0v) is 20.3. The average molecular weight is 455 g/mol. The molecule has 0 bridgehead atoms. The number of cyclic esters (lactones) is 1. The van der Waals surface area contributed by atoms with E-state index < -0.39 is 11.5 Å². The van der Waals surface area contributed by atoms with Gasteiger partial charge in [-0.1, -0.05) is 31.6 Å². The molecule has 9 atom stereocenters. The van der Waals surface area contributed by atoms with Gasteiger partial charge in [-0.05, 0) is 92.6 Å². The van der Waals surface area contributed by atoms with Gasteiger partial charge in [0.15, 0.2) is 5.78 Å². The Hall–Kier alpha value is -1.72. The molecule has 5 heteroatoms. The van der Waals surface area contributed by atoms with Crippen molar-refractivity contribution in [3.05, 3.63) is 34.9 Å². The maximum absolute atomic E-state index is 13.1. The second-order valence-electron chi connectivity index (χ2n) is 11.8. The highest BCUT2D eigenvalue weighted by Crippen LogP contribution is 2.67. The van der Waals surface area contributed by atoms with E-state index in [1.54, 1.807) is 12.2 Å². The van der Waals surface area contributed by atoms with Gasteiger partial charge < -0.3 is 14.9 Å². The molecule has 0 aromatic rings. The summed E-state index contributed by atoms with van der Waals surface area (Å²) in [4.78, 5) is 25.5. The van der Waals surface area contributed by atoms with Gasteiger partial charge in [-0.25, -0.2) is 4.79 Å². The summed E-state index contributed by atoms with van der Waals surface area (Å²) in [5.41, 5.74) is 1.81. The highest BCUT2D eigenvalue weighted by Gasteiger charge is 2.62. The zero-order valence-electron chi connectivity index (χ0n) is 20.3. The van der Waals surface area contributed by atoms with Gasteiger partial charge in [0.25, 0.3) is 0 Å². The monoisotopic (exact) mass is 454 g/mol. The van der Waals surface area contributed by atoms with Crippen LogP contribution in [0, 0.1) is 40.4 Å². The molecule has 0 radical (unpaired) electrons. The quantitative estimate of drug-likeness (QED) is 0.626. The SMILES string of the molecule is CC1=C(CO)C(=O)O[C@H]([C@@H](C)[C@H]2CC[C@H]3[C@@H]4C[C@H](O)C5=CC=CC(=O)[C@]5(C)[C@H]4CC[C@]23C)C1. The number of esters is 1. The highest BCUT2D eigenvalue weighted by molar-refractivity contribution is 5.99. The molecule has 2 N–H and O–H groups in total. The minimum atomic E-state index is -0.580. The highest BCUT2D eigenvalue weighted by atomic mass is 16.5. The lowest BCUT2D eigenvalue weighted by Gasteiger charge is -2.58. The van der Waals surface area contributed by atoms with Gasteiger partial charge in [-0.15, -0.1) is 0 Å². The summed E-state index contributed by atoms with van der Waals surface area (Å²) in [6, 6.07) is 0. The van der Waals surface area contributed by atoms with Crippen LogP contribution >= 0.6 is 0 Å². The van der Waals surface area contributed by atoms with Gasteiger partial charge in [0.05, 0.1) is 23.7 Å². The molecule has 3 fully saturated rings. The molecule has 0 aromatic heterocycles. The molecule has 5 aliphatic rings. The summed E-state index contributed by atoms with van der Waals surface area (Å²) in [6.07, 6.45) is 10.5. The smallest absolute Gasteiger partial charge is 0.336 e. The molecule has 0 amide bonds. The number of rotatable bonds is 3. The molecule has 4 aliphatic carbocycles. The Morgan fingerprint density at radius 1 is 1.18 bits per heavy atom. The molecule has 1 heterocycles. The van der Waals surface area contributed by atoms with Crippen molar-refractivity contribution in [2.75, 3.05) is 6.61 Å². The maximum Gasteiger partial charge on any atom is 0.336 e. The van der Waals surface area contributed by atoms with E-state index in [1.165, 1.54) is 0 Å². The predicted molar refractivity (Wildman–Crippen MR) is 125 cm³/mol. The third-order valence-corrected chi connectivity index (χ3v) is 10.6. The fourth-order valence-corrected chi connectivity index (χ4v) is 8.81. The number of carbonyl (C=O) groups is 2. The van der Waals surface area contributed by atoms with E-state index >= 15 is 0 Å². The third-order valence-electron chi connectivity index (χ3n) is 10.6. The molecule has 0 unspecified atom stereocenters. The lowest BCUT2D eigenvalue weighted by Crippen LogP contribution is -2.56. The molecular weight excluding hydrogens is 416 g/mol. The van der Waals surface area contributed by atoms with Crippen molar-refractivity contribution in [3.8, 4) is 0 Å². The van der Waals surface area contributed by atoms with Crippen molar-refractivity contribution in [3.63, 3.8) is 0 Å². The summed E-state index contributed by atoms with van der Waals surface area (Å²) < 4.78 is 5.83. The van der Waals surface area contributed by atoms with Crippen molar-refractivity contribution in [2.45, 2.75) is 78.4 Å². The van der Waals surface area contributed by atoms with E-state index in [0.29, 0.717) is 29.7 Å². The topological polar surface area (TPSA) is 83.8 Å². The van der Waals surface area contributed by atoms with Crippen LogP contribution in [-0.2, 0) is 14.3 Å². The lowest BCUT2D eigenvalue weighted by molar-refractivity contribution is -0.153. The Bertz CT molecular complexity index is 959. The van der Waals surface area contributed by atoms with Crippen LogP contribution in [0.3, 0.4) is 0 Å². The van der Waals surface area contributed by atoms with E-state index in [0.717, 1.165) is 43.3 Å². The van der Waals surface area contributed by atoms with E-state index in [-0.39, 0.29) is 41.7 Å². The number of aliphatic hydroxyl groups is 2. The Morgan fingerprint density at radius 3 is 2.64 bits per heavy atom. The van der Waals surface area contributed by atoms with Crippen molar-refractivity contribution < 1.29 is 24.5 Å². The van der Waals surface area contributed by atoms with Crippen molar-refractivity contribution in [2.24, 2.45) is 40.4 Å². The molecule has 3 saturated carbocycles. The first-order valence-electron chi connectivity index (χ1n) is 12.7. The van der Waals surface area contributed by atoms with Gasteiger partial charge in [0.2, 0.25) is 0 Å². The summed E-state index contributed by atoms with van der Waals surface area (Å²) in [5.74, 6) is 1.54. The van der Waals surface area contributed by atoms with Crippen LogP contribution in [-0.4, -0.2) is 40.8 Å². The average Bonchev–Trinajstić information content (AvgIpc) is 3.12. The number of aliphatic hydroxyl groups excluding tert-OH is 2. The van der Waals surface area contributed by atoms with Crippen LogP contribution in [0.4, 0.5) is 0 Å². The molecular formula is C28H38O5. The van der Waals surface area contributed by atoms with Crippen LogP contribution < -0.4 is 0 Å². The third kappa shape index (κ3) is 3.18. The van der Waals surface area contributed by atoms with Gasteiger partial charge in [-0.2, -0.15) is 0 Å². The Morgan fingerprint density at radius 2 is 1.94 bits per heavy atom. The molecule has 5 rings (SSSR count). The molecule has 0 spiro atoms. The summed E-state index contributed by atoms with van der Waals surface area (Å²) >= 11 is 0. The molecule has 0 saturated heterocycles. The van der Waals surface area contributed by atoms with Crippen LogP contribution in [0.1, 0.15) is 66.2 Å². The fraction of sp³-hybridized carbons (Fsp3) is 0.714. The zero-order chi connectivity index (χ0) is 23.7. The Kier molecular flexibility index (Phi) is 5.52. The van der Waals surface area contributed by atoms with Crippen LogP contribution in [0.2, 0.25) is 0 Å². The predicted octanol–water partition coefficient (Wildman–Crippen LogP) is 4.14. The molecule has 0 aromatic carbocycles. The first-order chi connectivity index (χ1) is 15.6. The number of hydrogen-bond acceptors (Lipinski definition) is 5. The number of fused-ring (bicyclic) bond motifs is 5. The number of hydrogen-bond donors (Lipinski definition) is 2. The Balaban J connectivity index is 1.41. The van der Waals surface area contributed by atoms with Crippen molar-refractivity contribution >= 4 is 11.8 Å². The minimum Gasteiger partial charge on any atom is -0.458 e. The van der Waals surface area contributed by atoms with Crippen LogP contribution in [0.25, 0.3) is 0 Å². The first kappa shape index (κ1) is 23.0. The van der Waals surface area contributed by atoms with Crippen molar-refractivity contribution in [1.29, 1.82) is 0 Å². The second kappa shape index (κ2) is 7.91. The Labute approximate surface area is 197 Å². The summed E-state index contributed by atoms with van der Waals surface area (Å²) in [5, 5.41) is 20.6. The number of ketones is 1.